The van der Waals surface area contributed by atoms with E-state index < -0.39 is 0 Å². The zero-order chi connectivity index (χ0) is 18.8. The van der Waals surface area contributed by atoms with Gasteiger partial charge in [0.2, 0.25) is 0 Å². The standard InChI is InChI=1S/C21H26N4O2/c1-2-25-21(27)18-10-6-5-9-17(18)19(24-25)20(26)23-22-16-12-11-14-7-3-4-8-15(14)13-16/h5-6,9-10,14-15H,2-4,7-8,11-13H2,1H3,(H,23,26)/b22-16-/t14-,15+/m1/s1. The zero-order valence-electron chi connectivity index (χ0n) is 15.8. The minimum Gasteiger partial charge on any atom is -0.267 e. The van der Waals surface area contributed by atoms with Crippen molar-refractivity contribution in [3.63, 3.8) is 0 Å². The van der Waals surface area contributed by atoms with Crippen LogP contribution in [0.4, 0.5) is 0 Å². The van der Waals surface area contributed by atoms with Crippen molar-refractivity contribution in [2.45, 2.75) is 58.4 Å². The van der Waals surface area contributed by atoms with Crippen molar-refractivity contribution in [1.82, 2.24) is 15.2 Å². The largest absolute Gasteiger partial charge is 0.292 e. The van der Waals surface area contributed by atoms with Crippen molar-refractivity contribution in [2.75, 3.05) is 0 Å². The molecule has 1 amide bonds. The molecular weight excluding hydrogens is 340 g/mol. The lowest BCUT2D eigenvalue weighted by atomic mass is 9.70. The Morgan fingerprint density at radius 1 is 1.19 bits per heavy atom. The van der Waals surface area contributed by atoms with Gasteiger partial charge in [-0.05, 0) is 50.5 Å². The Kier molecular flexibility index (Phi) is 5.05. The Morgan fingerprint density at radius 2 is 1.93 bits per heavy atom. The SMILES string of the molecule is CCn1nc(C(=O)N/N=C2/CC[C@H]3CCCC[C@H]3C2)c2ccccc2c1=O. The topological polar surface area (TPSA) is 76.3 Å². The van der Waals surface area contributed by atoms with Gasteiger partial charge in [-0.15, -0.1) is 0 Å². The molecule has 1 N–H and O–H groups in total. The number of carbonyl (C=O) groups excluding carboxylic acids is 1. The number of benzene rings is 1. The van der Waals surface area contributed by atoms with E-state index in [4.69, 9.17) is 0 Å². The van der Waals surface area contributed by atoms with Gasteiger partial charge < -0.3 is 0 Å². The van der Waals surface area contributed by atoms with Crippen molar-refractivity contribution in [2.24, 2.45) is 16.9 Å². The summed E-state index contributed by atoms with van der Waals surface area (Å²) in [5.74, 6) is 1.21. The van der Waals surface area contributed by atoms with Crippen LogP contribution in [0.25, 0.3) is 10.8 Å². The van der Waals surface area contributed by atoms with Gasteiger partial charge >= 0.3 is 0 Å². The van der Waals surface area contributed by atoms with Crippen LogP contribution in [0.1, 0.15) is 62.4 Å². The fraction of sp³-hybridized carbons (Fsp3) is 0.524. The maximum atomic E-state index is 12.8. The monoisotopic (exact) mass is 366 g/mol. The Morgan fingerprint density at radius 3 is 2.70 bits per heavy atom. The Labute approximate surface area is 158 Å². The molecule has 2 aliphatic carbocycles. The maximum absolute atomic E-state index is 12.8. The summed E-state index contributed by atoms with van der Waals surface area (Å²) in [5.41, 5.74) is 3.86. The number of hydrogen-bond donors (Lipinski definition) is 1. The highest BCUT2D eigenvalue weighted by atomic mass is 16.2. The molecule has 0 unspecified atom stereocenters. The van der Waals surface area contributed by atoms with Gasteiger partial charge in [0, 0.05) is 17.6 Å². The lowest BCUT2D eigenvalue weighted by Crippen LogP contribution is -2.31. The fourth-order valence-electron chi connectivity index (χ4n) is 4.59. The summed E-state index contributed by atoms with van der Waals surface area (Å²) in [6.45, 7) is 2.26. The lowest BCUT2D eigenvalue weighted by molar-refractivity contribution is 0.0948. The second-order valence-corrected chi connectivity index (χ2v) is 7.68. The Balaban J connectivity index is 1.57. The minimum atomic E-state index is -0.355. The van der Waals surface area contributed by atoms with E-state index in [1.807, 2.05) is 13.0 Å². The highest BCUT2D eigenvalue weighted by molar-refractivity contribution is 6.05. The molecule has 2 aliphatic rings. The van der Waals surface area contributed by atoms with Crippen LogP contribution in [0.15, 0.2) is 34.2 Å². The Bertz CT molecular complexity index is 947. The number of amides is 1. The minimum absolute atomic E-state index is 0.174. The summed E-state index contributed by atoms with van der Waals surface area (Å²) in [6, 6.07) is 7.11. The first-order valence-corrected chi connectivity index (χ1v) is 10.0. The molecule has 2 atom stereocenters. The van der Waals surface area contributed by atoms with Crippen LogP contribution in [0.5, 0.6) is 0 Å². The summed E-state index contributed by atoms with van der Waals surface area (Å²) in [7, 11) is 0. The predicted molar refractivity (Wildman–Crippen MR) is 106 cm³/mol. The fourth-order valence-corrected chi connectivity index (χ4v) is 4.59. The highest BCUT2D eigenvalue weighted by Gasteiger charge is 2.30. The Hall–Kier alpha value is -2.50. The van der Waals surface area contributed by atoms with Gasteiger partial charge in [0.1, 0.15) is 0 Å². The molecule has 142 valence electrons. The van der Waals surface area contributed by atoms with E-state index in [2.05, 4.69) is 15.6 Å². The van der Waals surface area contributed by atoms with Crippen molar-refractivity contribution < 1.29 is 4.79 Å². The van der Waals surface area contributed by atoms with E-state index in [9.17, 15) is 9.59 Å². The van der Waals surface area contributed by atoms with Crippen LogP contribution < -0.4 is 11.0 Å². The van der Waals surface area contributed by atoms with Crippen LogP contribution in [0, 0.1) is 11.8 Å². The van der Waals surface area contributed by atoms with Crippen molar-refractivity contribution in [1.29, 1.82) is 0 Å². The average molecular weight is 366 g/mol. The lowest BCUT2D eigenvalue weighted by Gasteiger charge is -2.35. The maximum Gasteiger partial charge on any atom is 0.292 e. The molecule has 6 nitrogen and oxygen atoms in total. The number of hydrogen-bond acceptors (Lipinski definition) is 4. The number of carbonyl (C=O) groups is 1. The third kappa shape index (κ3) is 3.53. The van der Waals surface area contributed by atoms with Crippen LogP contribution in [0.2, 0.25) is 0 Å². The van der Waals surface area contributed by atoms with Crippen molar-refractivity contribution in [3.05, 3.63) is 40.3 Å². The third-order valence-corrected chi connectivity index (χ3v) is 6.07. The van der Waals surface area contributed by atoms with Gasteiger partial charge in [-0.3, -0.25) is 9.59 Å². The second-order valence-electron chi connectivity index (χ2n) is 7.68. The smallest absolute Gasteiger partial charge is 0.267 e. The van der Waals surface area contributed by atoms with Crippen molar-refractivity contribution in [3.8, 4) is 0 Å². The van der Waals surface area contributed by atoms with E-state index in [-0.39, 0.29) is 17.2 Å². The van der Waals surface area contributed by atoms with Crippen LogP contribution in [-0.2, 0) is 6.54 Å². The molecule has 1 aromatic heterocycles. The molecule has 27 heavy (non-hydrogen) atoms. The number of aryl methyl sites for hydroxylation is 1. The molecule has 2 aromatic rings. The van der Waals surface area contributed by atoms with Gasteiger partial charge in [-0.2, -0.15) is 10.2 Å². The zero-order valence-corrected chi connectivity index (χ0v) is 15.8. The molecule has 2 saturated carbocycles. The molecule has 1 heterocycles. The number of rotatable bonds is 3. The van der Waals surface area contributed by atoms with Crippen molar-refractivity contribution >= 4 is 22.4 Å². The number of fused-ring (bicyclic) bond motifs is 2. The van der Waals surface area contributed by atoms with Gasteiger partial charge in [-0.25, -0.2) is 10.1 Å². The first-order chi connectivity index (χ1) is 13.2. The van der Waals surface area contributed by atoms with E-state index in [1.165, 1.54) is 36.8 Å². The molecule has 0 saturated heterocycles. The number of aromatic nitrogens is 2. The van der Waals surface area contributed by atoms with E-state index in [0.29, 0.717) is 17.3 Å². The molecule has 1 aromatic carbocycles. The number of nitrogens with one attached hydrogen (secondary N) is 1. The first kappa shape index (κ1) is 17.9. The molecule has 6 heteroatoms. The molecule has 0 radical (unpaired) electrons. The molecule has 0 bridgehead atoms. The first-order valence-electron chi connectivity index (χ1n) is 10.0. The van der Waals surface area contributed by atoms with Gasteiger partial charge in [0.15, 0.2) is 5.69 Å². The predicted octanol–water partition coefficient (Wildman–Crippen LogP) is 3.49. The van der Waals surface area contributed by atoms with Gasteiger partial charge in [0.25, 0.3) is 11.5 Å². The quantitative estimate of drug-likeness (QED) is 0.845. The second kappa shape index (κ2) is 7.62. The average Bonchev–Trinajstić information content (AvgIpc) is 2.72. The molecule has 0 aliphatic heterocycles. The molecular formula is C21H26N4O2. The number of hydrazone groups is 1. The normalized spacial score (nSPS) is 24.0. The summed E-state index contributed by atoms with van der Waals surface area (Å²) >= 11 is 0. The number of nitrogens with zero attached hydrogens (tertiary/aromatic N) is 3. The van der Waals surface area contributed by atoms with E-state index in [1.54, 1.807) is 18.2 Å². The highest BCUT2D eigenvalue weighted by Crippen LogP contribution is 2.39. The summed E-state index contributed by atoms with van der Waals surface area (Å²) in [5, 5.41) is 9.78. The molecule has 4 rings (SSSR count). The third-order valence-electron chi connectivity index (χ3n) is 6.07. The van der Waals surface area contributed by atoms with Crippen LogP contribution in [-0.4, -0.2) is 21.4 Å². The van der Waals surface area contributed by atoms with E-state index in [0.717, 1.165) is 30.4 Å². The molecule has 2 fully saturated rings. The summed E-state index contributed by atoms with van der Waals surface area (Å²) in [6.07, 6.45) is 8.44. The van der Waals surface area contributed by atoms with Gasteiger partial charge in [0.05, 0.1) is 5.39 Å². The molecule has 0 spiro atoms. The van der Waals surface area contributed by atoms with Gasteiger partial charge in [-0.1, -0.05) is 37.5 Å². The summed E-state index contributed by atoms with van der Waals surface area (Å²) in [4.78, 5) is 25.2. The summed E-state index contributed by atoms with van der Waals surface area (Å²) < 4.78 is 1.33. The van der Waals surface area contributed by atoms with Crippen LogP contribution in [0.3, 0.4) is 0 Å². The van der Waals surface area contributed by atoms with Crippen LogP contribution >= 0.6 is 0 Å². The van der Waals surface area contributed by atoms with E-state index >= 15 is 0 Å².